The number of ether oxygens (including phenoxy) is 3. The lowest BCUT2D eigenvalue weighted by Gasteiger charge is -2.42. The number of nitrogens with zero attached hydrogens (tertiary/aromatic N) is 5. The number of para-hydroxylation sites is 1. The minimum atomic E-state index is -3.83. The Morgan fingerprint density at radius 1 is 1.08 bits per heavy atom. The van der Waals surface area contributed by atoms with Crippen molar-refractivity contribution in [1.29, 1.82) is 0 Å². The number of anilines is 1. The van der Waals surface area contributed by atoms with E-state index in [2.05, 4.69) is 15.0 Å². The lowest BCUT2D eigenvalue weighted by molar-refractivity contribution is -0.156. The third kappa shape index (κ3) is 7.82. The fourth-order valence-corrected chi connectivity index (χ4v) is 6.85. The molecule has 1 N–H and O–H groups in total. The van der Waals surface area contributed by atoms with Crippen molar-refractivity contribution in [2.75, 3.05) is 31.1 Å². The van der Waals surface area contributed by atoms with Crippen LogP contribution in [0, 0.1) is 5.92 Å². The number of hydrogen-bond donors (Lipinski definition) is 1. The molecule has 2 saturated heterocycles. The Morgan fingerprint density at radius 3 is 2.43 bits per heavy atom. The number of alkyl halides is 3. The van der Waals surface area contributed by atoms with Gasteiger partial charge >= 0.3 is 18.0 Å². The number of aliphatic hydroxyl groups is 1. The number of carbonyl (C=O) groups excluding carboxylic acids is 2. The minimum Gasteiger partial charge on any atom is -0.472 e. The first-order valence-electron chi connectivity index (χ1n) is 17.4. The Bertz CT molecular complexity index is 2030. The summed E-state index contributed by atoms with van der Waals surface area (Å²) in [7, 11) is 0. The van der Waals surface area contributed by atoms with Crippen LogP contribution >= 0.6 is 11.6 Å². The SMILES string of the molecule is C[C@H]1CN(C(=O)OC(C)(C)C)CC[C@]1(F)c1cc(Cl)cnc1O[C@H]1C[C@@H](C(=O)OC(C)(C)C)N(c2nc(C(F)(F)CO)nc3c2oc2ccccc23)C1. The summed E-state index contributed by atoms with van der Waals surface area (Å²) in [6, 6.07) is 7.02. The van der Waals surface area contributed by atoms with Crippen molar-refractivity contribution in [3.05, 3.63) is 52.9 Å². The fourth-order valence-electron chi connectivity index (χ4n) is 6.69. The van der Waals surface area contributed by atoms with Crippen LogP contribution in [0.4, 0.5) is 23.8 Å². The summed E-state index contributed by atoms with van der Waals surface area (Å²) in [6.45, 7) is 10.5. The normalized spacial score (nSPS) is 22.8. The Hall–Kier alpha value is -4.37. The highest BCUT2D eigenvalue weighted by molar-refractivity contribution is 6.30. The molecule has 2 aliphatic rings. The van der Waals surface area contributed by atoms with E-state index >= 15 is 13.2 Å². The summed E-state index contributed by atoms with van der Waals surface area (Å²) in [5.41, 5.74) is -3.14. The maximum atomic E-state index is 17.2. The Labute approximate surface area is 309 Å². The zero-order valence-corrected chi connectivity index (χ0v) is 31.3. The maximum Gasteiger partial charge on any atom is 0.410 e. The second-order valence-corrected chi connectivity index (χ2v) is 16.1. The second-order valence-electron chi connectivity index (χ2n) is 15.6. The minimum absolute atomic E-state index is 0.0304. The Morgan fingerprint density at radius 2 is 1.77 bits per heavy atom. The summed E-state index contributed by atoms with van der Waals surface area (Å²) < 4.78 is 71.1. The number of fused-ring (bicyclic) bond motifs is 3. The van der Waals surface area contributed by atoms with Crippen molar-refractivity contribution >= 4 is 51.6 Å². The van der Waals surface area contributed by atoms with Crippen LogP contribution < -0.4 is 9.64 Å². The predicted molar refractivity (Wildman–Crippen MR) is 190 cm³/mol. The summed E-state index contributed by atoms with van der Waals surface area (Å²) in [5, 5.41) is 10.1. The van der Waals surface area contributed by atoms with Gasteiger partial charge in [-0.25, -0.2) is 28.9 Å². The van der Waals surface area contributed by atoms with E-state index in [9.17, 15) is 14.7 Å². The van der Waals surface area contributed by atoms with E-state index in [0.29, 0.717) is 11.0 Å². The maximum absolute atomic E-state index is 17.2. The molecule has 286 valence electrons. The molecule has 1 amide bonds. The van der Waals surface area contributed by atoms with Gasteiger partial charge in [0.2, 0.25) is 11.7 Å². The molecule has 0 spiro atoms. The number of likely N-dealkylation sites (tertiary alicyclic amines) is 1. The summed E-state index contributed by atoms with van der Waals surface area (Å²) in [6.07, 6.45) is -0.229. The highest BCUT2D eigenvalue weighted by Gasteiger charge is 2.49. The molecule has 3 aromatic heterocycles. The molecule has 4 aromatic rings. The Kier molecular flexibility index (Phi) is 9.99. The van der Waals surface area contributed by atoms with E-state index in [0.717, 1.165) is 0 Å². The molecule has 0 saturated carbocycles. The molecule has 53 heavy (non-hydrogen) atoms. The molecule has 0 unspecified atom stereocenters. The zero-order chi connectivity index (χ0) is 38.7. The van der Waals surface area contributed by atoms with Gasteiger partial charge in [0.05, 0.1) is 17.1 Å². The number of amides is 1. The van der Waals surface area contributed by atoms with Gasteiger partial charge in [-0.2, -0.15) is 8.78 Å². The van der Waals surface area contributed by atoms with Gasteiger partial charge in [0.15, 0.2) is 11.4 Å². The van der Waals surface area contributed by atoms with E-state index in [-0.39, 0.29) is 65.9 Å². The second kappa shape index (κ2) is 13.8. The largest absolute Gasteiger partial charge is 0.472 e. The number of esters is 1. The number of aliphatic hydroxyl groups excluding tert-OH is 1. The van der Waals surface area contributed by atoms with Crippen LogP contribution in [-0.2, 0) is 25.9 Å². The van der Waals surface area contributed by atoms with E-state index in [4.69, 9.17) is 30.2 Å². The first-order valence-corrected chi connectivity index (χ1v) is 17.7. The number of halogens is 4. The average Bonchev–Trinajstić information content (AvgIpc) is 3.66. The van der Waals surface area contributed by atoms with Crippen molar-refractivity contribution in [2.45, 2.75) is 96.2 Å². The molecule has 0 bridgehead atoms. The van der Waals surface area contributed by atoms with Crippen LogP contribution in [0.25, 0.3) is 22.1 Å². The summed E-state index contributed by atoms with van der Waals surface area (Å²) in [5.74, 6) is -6.41. The van der Waals surface area contributed by atoms with Crippen LogP contribution in [0.2, 0.25) is 5.02 Å². The van der Waals surface area contributed by atoms with Gasteiger partial charge in [0.25, 0.3) is 0 Å². The van der Waals surface area contributed by atoms with Gasteiger partial charge in [-0.1, -0.05) is 30.7 Å². The smallest absolute Gasteiger partial charge is 0.410 e. The van der Waals surface area contributed by atoms with Crippen LogP contribution in [0.1, 0.15) is 72.7 Å². The third-order valence-electron chi connectivity index (χ3n) is 9.16. The van der Waals surface area contributed by atoms with Crippen LogP contribution in [0.5, 0.6) is 5.88 Å². The van der Waals surface area contributed by atoms with Gasteiger partial charge in [0, 0.05) is 43.4 Å². The number of furan rings is 1. The van der Waals surface area contributed by atoms with E-state index in [1.807, 2.05) is 0 Å². The highest BCUT2D eigenvalue weighted by atomic mass is 35.5. The van der Waals surface area contributed by atoms with Crippen LogP contribution in [0.15, 0.2) is 40.9 Å². The van der Waals surface area contributed by atoms with Crippen molar-refractivity contribution in [2.24, 2.45) is 5.92 Å². The monoisotopic (exact) mass is 761 g/mol. The molecule has 5 heterocycles. The van der Waals surface area contributed by atoms with E-state index in [1.165, 1.54) is 22.1 Å². The van der Waals surface area contributed by atoms with Gasteiger partial charge in [-0.3, -0.25) is 0 Å². The molecular weight excluding hydrogens is 719 g/mol. The summed E-state index contributed by atoms with van der Waals surface area (Å²) >= 11 is 6.35. The van der Waals surface area contributed by atoms with Crippen molar-refractivity contribution in [3.63, 3.8) is 0 Å². The summed E-state index contributed by atoms with van der Waals surface area (Å²) in [4.78, 5) is 42.1. The number of carbonyl (C=O) groups is 2. The molecule has 6 rings (SSSR count). The molecule has 1 aromatic carbocycles. The Balaban J connectivity index is 1.37. The van der Waals surface area contributed by atoms with Gasteiger partial charge in [-0.15, -0.1) is 0 Å². The number of hydrogen-bond acceptors (Lipinski definition) is 11. The quantitative estimate of drug-likeness (QED) is 0.190. The average molecular weight is 762 g/mol. The zero-order valence-electron chi connectivity index (χ0n) is 30.6. The molecule has 0 radical (unpaired) electrons. The lowest BCUT2D eigenvalue weighted by atomic mass is 9.79. The number of piperidine rings is 1. The molecular formula is C37H43ClF3N5O7. The molecule has 12 nitrogen and oxygen atoms in total. The van der Waals surface area contributed by atoms with Gasteiger partial charge in [0.1, 0.15) is 46.7 Å². The van der Waals surface area contributed by atoms with Gasteiger partial charge in [-0.05, 0) is 59.7 Å². The fraction of sp³-hybridized carbons (Fsp3) is 0.541. The number of rotatable bonds is 7. The molecule has 0 aliphatic carbocycles. The molecule has 2 fully saturated rings. The molecule has 4 atom stereocenters. The topological polar surface area (TPSA) is 140 Å². The number of pyridine rings is 1. The molecule has 16 heteroatoms. The lowest BCUT2D eigenvalue weighted by Crippen LogP contribution is -2.50. The van der Waals surface area contributed by atoms with Gasteiger partial charge < -0.3 is 33.5 Å². The third-order valence-corrected chi connectivity index (χ3v) is 9.36. The van der Waals surface area contributed by atoms with Crippen molar-refractivity contribution < 1.29 is 46.5 Å². The van der Waals surface area contributed by atoms with Crippen molar-refractivity contribution in [3.8, 4) is 5.88 Å². The van der Waals surface area contributed by atoms with E-state index in [1.54, 1.807) is 72.7 Å². The van der Waals surface area contributed by atoms with Crippen LogP contribution in [0.3, 0.4) is 0 Å². The van der Waals surface area contributed by atoms with Crippen LogP contribution in [-0.4, -0.2) is 86.6 Å². The molecule has 2 aliphatic heterocycles. The first kappa shape index (κ1) is 38.4. The van der Waals surface area contributed by atoms with Crippen molar-refractivity contribution in [1.82, 2.24) is 19.9 Å². The standard InChI is InChI=1S/C37H43ClF3N5O7/c1-20-17-45(33(49)53-35(5,6)7)13-12-36(20,39)24-14-21(38)16-42-30(24)50-22-15-25(31(48)52-34(2,3)4)46(18-22)29-28-27(23-10-8-9-11-26(23)51-28)43-32(44-29)37(40,41)19-47/h8-11,14,16,20,22,25,47H,12-13,15,17-19H2,1-7H3/t20-,22-,25-,36+/m0/s1. The predicted octanol–water partition coefficient (Wildman–Crippen LogP) is 7.32. The first-order chi connectivity index (χ1) is 24.7. The number of aromatic nitrogens is 3. The highest BCUT2D eigenvalue weighted by Crippen LogP contribution is 2.46. The van der Waals surface area contributed by atoms with E-state index < -0.39 is 65.4 Å². The number of benzene rings is 1.